The molecule has 0 spiro atoms. The van der Waals surface area contributed by atoms with Crippen LogP contribution in [0.2, 0.25) is 0 Å². The van der Waals surface area contributed by atoms with E-state index >= 15 is 0 Å². The fourth-order valence-corrected chi connectivity index (χ4v) is 14.3. The van der Waals surface area contributed by atoms with E-state index in [1.165, 1.54) is 263 Å². The highest BCUT2D eigenvalue weighted by atomic mass is 31.2. The summed E-state index contributed by atoms with van der Waals surface area (Å²) in [6, 6.07) is 0. The Morgan fingerprint density at radius 2 is 0.475 bits per heavy atom. The maximum atomic E-state index is 13.1. The van der Waals surface area contributed by atoms with Gasteiger partial charge in [0.15, 0.2) is 12.2 Å². The van der Waals surface area contributed by atoms with Gasteiger partial charge in [0.25, 0.3) is 0 Å². The highest BCUT2D eigenvalue weighted by Crippen LogP contribution is 2.45. The van der Waals surface area contributed by atoms with Crippen molar-refractivity contribution in [3.8, 4) is 0 Å². The minimum atomic E-state index is -4.96. The van der Waals surface area contributed by atoms with E-state index in [0.29, 0.717) is 25.7 Å². The number of carbonyl (C=O) groups excluding carboxylic acids is 4. The van der Waals surface area contributed by atoms with Gasteiger partial charge in [0.05, 0.1) is 26.4 Å². The second kappa shape index (κ2) is 74.9. The van der Waals surface area contributed by atoms with Crippen LogP contribution in [0, 0.1) is 5.92 Å². The number of hydrogen-bond acceptors (Lipinski definition) is 15. The molecule has 0 aromatic heterocycles. The molecule has 0 bridgehead atoms. The summed E-state index contributed by atoms with van der Waals surface area (Å²) in [5, 5.41) is 10.7. The summed E-state index contributed by atoms with van der Waals surface area (Å²) in [6.07, 6.45) is 66.5. The molecule has 0 rings (SSSR count). The van der Waals surface area contributed by atoms with Crippen molar-refractivity contribution in [3.05, 3.63) is 0 Å². The Balaban J connectivity index is 5.23. The molecule has 101 heavy (non-hydrogen) atoms. The third-order valence-corrected chi connectivity index (χ3v) is 21.5. The lowest BCUT2D eigenvalue weighted by Crippen LogP contribution is -2.30. The number of hydrogen-bond donors (Lipinski definition) is 3. The minimum Gasteiger partial charge on any atom is -0.462 e. The molecule has 0 aromatic carbocycles. The summed E-state index contributed by atoms with van der Waals surface area (Å²) >= 11 is 0. The van der Waals surface area contributed by atoms with Crippen molar-refractivity contribution in [2.45, 2.75) is 457 Å². The molecule has 0 amide bonds. The lowest BCUT2D eigenvalue weighted by atomic mass is 9.99. The summed E-state index contributed by atoms with van der Waals surface area (Å²) < 4.78 is 68.8. The van der Waals surface area contributed by atoms with Gasteiger partial charge in [-0.1, -0.05) is 388 Å². The van der Waals surface area contributed by atoms with Crippen molar-refractivity contribution >= 4 is 39.5 Å². The highest BCUT2D eigenvalue weighted by molar-refractivity contribution is 7.47. The van der Waals surface area contributed by atoms with Gasteiger partial charge in [-0.05, 0) is 31.6 Å². The molecule has 0 saturated carbocycles. The molecule has 3 N–H and O–H groups in total. The monoisotopic (exact) mass is 1480 g/mol. The first-order valence-electron chi connectivity index (χ1n) is 42.7. The average molecular weight is 1480 g/mol. The predicted molar refractivity (Wildman–Crippen MR) is 414 cm³/mol. The van der Waals surface area contributed by atoms with Crippen molar-refractivity contribution in [1.82, 2.24) is 0 Å². The van der Waals surface area contributed by atoms with Gasteiger partial charge in [-0.3, -0.25) is 37.3 Å². The maximum Gasteiger partial charge on any atom is 0.472 e. The topological polar surface area (TPSA) is 237 Å². The van der Waals surface area contributed by atoms with E-state index in [2.05, 4.69) is 34.6 Å². The van der Waals surface area contributed by atoms with Crippen LogP contribution in [0.15, 0.2) is 0 Å². The smallest absolute Gasteiger partial charge is 0.462 e. The van der Waals surface area contributed by atoms with E-state index in [4.69, 9.17) is 37.0 Å². The summed E-state index contributed by atoms with van der Waals surface area (Å²) in [7, 11) is -9.92. The van der Waals surface area contributed by atoms with Crippen LogP contribution in [0.3, 0.4) is 0 Å². The minimum absolute atomic E-state index is 0.108. The average Bonchev–Trinajstić information content (AvgIpc) is 0.978. The second-order valence-electron chi connectivity index (χ2n) is 29.8. The Kier molecular flexibility index (Phi) is 73.5. The van der Waals surface area contributed by atoms with Crippen LogP contribution in [0.4, 0.5) is 0 Å². The Labute approximate surface area is 619 Å². The SMILES string of the molecule is CCCCCCCCCCCCCCCCCCCCCCCC(=O)O[C@H](COC(=O)CCCCCCCCCCCCCCCC)COP(=O)(O)OC[C@@H](O)COP(=O)(O)OC[C@@H](COC(=O)CCCCCCCCCCC(C)CC)OC(=O)CCCCCCCCCCCCCCCC. The maximum absolute atomic E-state index is 13.1. The largest absolute Gasteiger partial charge is 0.472 e. The molecule has 0 fully saturated rings. The first-order chi connectivity index (χ1) is 49.1. The van der Waals surface area contributed by atoms with Gasteiger partial charge in [0, 0.05) is 25.7 Å². The van der Waals surface area contributed by atoms with Crippen molar-refractivity contribution in [3.63, 3.8) is 0 Å². The van der Waals surface area contributed by atoms with Crippen molar-refractivity contribution in [2.24, 2.45) is 5.92 Å². The zero-order valence-corrected chi connectivity index (χ0v) is 67.8. The molecule has 0 aliphatic carbocycles. The molecule has 0 aromatic rings. The van der Waals surface area contributed by atoms with Gasteiger partial charge in [-0.25, -0.2) is 9.13 Å². The molecule has 0 aliphatic heterocycles. The fraction of sp³-hybridized carbons (Fsp3) is 0.951. The number of rotatable bonds is 82. The van der Waals surface area contributed by atoms with Gasteiger partial charge < -0.3 is 33.8 Å². The van der Waals surface area contributed by atoms with Gasteiger partial charge in [0.2, 0.25) is 0 Å². The fourth-order valence-electron chi connectivity index (χ4n) is 12.7. The zero-order chi connectivity index (χ0) is 74.1. The summed E-state index contributed by atoms with van der Waals surface area (Å²) in [5.74, 6) is -1.33. The molecular formula is C82H160O17P2. The molecular weight excluding hydrogens is 1320 g/mol. The lowest BCUT2D eigenvalue weighted by Gasteiger charge is -2.21. The quantitative estimate of drug-likeness (QED) is 0.0222. The molecule has 6 atom stereocenters. The predicted octanol–water partition coefficient (Wildman–Crippen LogP) is 24.8. The van der Waals surface area contributed by atoms with E-state index in [0.717, 1.165) is 95.8 Å². The zero-order valence-electron chi connectivity index (χ0n) is 66.1. The Morgan fingerprint density at radius 1 is 0.277 bits per heavy atom. The van der Waals surface area contributed by atoms with E-state index in [-0.39, 0.29) is 25.7 Å². The van der Waals surface area contributed by atoms with Crippen LogP contribution >= 0.6 is 15.6 Å². The first-order valence-corrected chi connectivity index (χ1v) is 45.7. The van der Waals surface area contributed by atoms with Gasteiger partial charge >= 0.3 is 39.5 Å². The van der Waals surface area contributed by atoms with Gasteiger partial charge in [-0.15, -0.1) is 0 Å². The highest BCUT2D eigenvalue weighted by Gasteiger charge is 2.30. The Bertz CT molecular complexity index is 1930. The van der Waals surface area contributed by atoms with Crippen LogP contribution in [0.1, 0.15) is 439 Å². The number of esters is 4. The third kappa shape index (κ3) is 74.7. The van der Waals surface area contributed by atoms with Gasteiger partial charge in [-0.2, -0.15) is 0 Å². The number of carbonyl (C=O) groups is 4. The van der Waals surface area contributed by atoms with Crippen LogP contribution in [0.5, 0.6) is 0 Å². The van der Waals surface area contributed by atoms with E-state index < -0.39 is 97.5 Å². The first kappa shape index (κ1) is 99.1. The van der Waals surface area contributed by atoms with Crippen molar-refractivity contribution in [2.75, 3.05) is 39.6 Å². The van der Waals surface area contributed by atoms with Crippen molar-refractivity contribution in [1.29, 1.82) is 0 Å². The second-order valence-corrected chi connectivity index (χ2v) is 32.7. The number of ether oxygens (including phenoxy) is 4. The van der Waals surface area contributed by atoms with Crippen LogP contribution in [0.25, 0.3) is 0 Å². The molecule has 3 unspecified atom stereocenters. The number of phosphoric acid groups is 2. The van der Waals surface area contributed by atoms with E-state index in [9.17, 15) is 43.2 Å². The normalized spacial score (nSPS) is 14.1. The Hall–Kier alpha value is -1.94. The van der Waals surface area contributed by atoms with Crippen LogP contribution in [-0.2, 0) is 65.4 Å². The Morgan fingerprint density at radius 3 is 0.703 bits per heavy atom. The number of phosphoric ester groups is 2. The number of aliphatic hydroxyl groups is 1. The van der Waals surface area contributed by atoms with Crippen molar-refractivity contribution < 1.29 is 80.2 Å². The third-order valence-electron chi connectivity index (χ3n) is 19.6. The summed E-state index contributed by atoms with van der Waals surface area (Å²) in [5.41, 5.74) is 0. The molecule has 19 heteroatoms. The molecule has 0 heterocycles. The molecule has 0 saturated heterocycles. The molecule has 0 aliphatic rings. The van der Waals surface area contributed by atoms with Crippen LogP contribution < -0.4 is 0 Å². The van der Waals surface area contributed by atoms with E-state index in [1.54, 1.807) is 0 Å². The summed E-state index contributed by atoms with van der Waals surface area (Å²) in [4.78, 5) is 73.1. The standard InChI is InChI=1S/C82H160O17P2/c1-6-10-13-16-19-22-25-28-31-32-33-34-35-36-37-40-43-46-53-58-63-68-82(87)98-77(71-92-79(84)65-60-55-50-44-41-38-29-26-23-20-17-14-11-7-2)73-96-100(88,89)94-69-76(83)70-95-101(90,91)97-74-78(72-93-80(85)66-61-56-51-48-47-49-54-59-64-75(5)9-4)99-81(86)67-62-57-52-45-42-39-30-27-24-21-18-15-12-8-3/h75-78,83H,6-74H2,1-5H3,(H,88,89)(H,90,91)/t75?,76-,77-,78-/m1/s1. The lowest BCUT2D eigenvalue weighted by molar-refractivity contribution is -0.161. The summed E-state index contributed by atoms with van der Waals surface area (Å²) in [6.45, 7) is 7.34. The molecule has 0 radical (unpaired) electrons. The van der Waals surface area contributed by atoms with Gasteiger partial charge in [0.1, 0.15) is 19.3 Å². The van der Waals surface area contributed by atoms with Crippen LogP contribution in [-0.4, -0.2) is 96.7 Å². The van der Waals surface area contributed by atoms with E-state index in [1.807, 2.05) is 0 Å². The molecule has 17 nitrogen and oxygen atoms in total. The number of unbranched alkanes of at least 4 members (excludes halogenated alkanes) is 53. The molecule has 600 valence electrons. The number of aliphatic hydroxyl groups excluding tert-OH is 1.